The van der Waals surface area contributed by atoms with Crippen molar-refractivity contribution in [2.45, 2.75) is 51.5 Å². The summed E-state index contributed by atoms with van der Waals surface area (Å²) in [7, 11) is 0. The van der Waals surface area contributed by atoms with Crippen molar-refractivity contribution in [3.63, 3.8) is 0 Å². The van der Waals surface area contributed by atoms with Gasteiger partial charge < -0.3 is 5.32 Å². The standard InChI is InChI=1S/C15H23N/c1-3-8-15(9-5-10-16-15)12-14-7-4-6-13(2)11-14/h4,6-7,11,16H,3,5,8-10,12H2,1-2H3. The van der Waals surface area contributed by atoms with Crippen molar-refractivity contribution in [3.05, 3.63) is 35.4 Å². The van der Waals surface area contributed by atoms with Crippen molar-refractivity contribution in [1.82, 2.24) is 5.32 Å². The fourth-order valence-electron chi connectivity index (χ4n) is 3.01. The molecule has 16 heavy (non-hydrogen) atoms. The molecule has 2 rings (SSSR count). The van der Waals surface area contributed by atoms with Crippen LogP contribution in [-0.4, -0.2) is 12.1 Å². The van der Waals surface area contributed by atoms with Gasteiger partial charge in [-0.15, -0.1) is 0 Å². The molecule has 0 radical (unpaired) electrons. The second kappa shape index (κ2) is 5.01. The molecular formula is C15H23N. The number of nitrogens with one attached hydrogen (secondary N) is 1. The van der Waals surface area contributed by atoms with E-state index in [2.05, 4.69) is 43.4 Å². The molecule has 1 aliphatic rings. The van der Waals surface area contributed by atoms with Gasteiger partial charge in [0.15, 0.2) is 0 Å². The van der Waals surface area contributed by atoms with E-state index in [1.807, 2.05) is 0 Å². The molecule has 1 unspecified atom stereocenters. The van der Waals surface area contributed by atoms with Crippen molar-refractivity contribution in [3.8, 4) is 0 Å². The number of hydrogen-bond donors (Lipinski definition) is 1. The molecule has 1 atom stereocenters. The van der Waals surface area contributed by atoms with E-state index in [9.17, 15) is 0 Å². The fourth-order valence-corrected chi connectivity index (χ4v) is 3.01. The van der Waals surface area contributed by atoms with Gasteiger partial charge >= 0.3 is 0 Å². The Labute approximate surface area is 99.3 Å². The van der Waals surface area contributed by atoms with Crippen LogP contribution in [0.15, 0.2) is 24.3 Å². The highest BCUT2D eigenvalue weighted by atomic mass is 15.0. The van der Waals surface area contributed by atoms with Gasteiger partial charge in [-0.05, 0) is 44.7 Å². The first-order chi connectivity index (χ1) is 7.74. The Morgan fingerprint density at radius 1 is 1.38 bits per heavy atom. The summed E-state index contributed by atoms with van der Waals surface area (Å²) in [5, 5.41) is 3.74. The number of hydrogen-bond acceptors (Lipinski definition) is 1. The van der Waals surface area contributed by atoms with Crippen LogP contribution in [0.2, 0.25) is 0 Å². The van der Waals surface area contributed by atoms with Gasteiger partial charge in [-0.2, -0.15) is 0 Å². The van der Waals surface area contributed by atoms with Crippen LogP contribution in [0.3, 0.4) is 0 Å². The zero-order valence-corrected chi connectivity index (χ0v) is 10.6. The lowest BCUT2D eigenvalue weighted by atomic mass is 9.85. The SMILES string of the molecule is CCCC1(Cc2cccc(C)c2)CCCN1. The molecule has 1 heteroatoms. The Balaban J connectivity index is 2.11. The Morgan fingerprint density at radius 3 is 2.88 bits per heavy atom. The summed E-state index contributed by atoms with van der Waals surface area (Å²) >= 11 is 0. The van der Waals surface area contributed by atoms with Crippen LogP contribution in [0.1, 0.15) is 43.7 Å². The van der Waals surface area contributed by atoms with E-state index >= 15 is 0 Å². The maximum atomic E-state index is 3.74. The lowest BCUT2D eigenvalue weighted by Crippen LogP contribution is -2.41. The first-order valence-electron chi connectivity index (χ1n) is 6.55. The van der Waals surface area contributed by atoms with E-state index in [1.54, 1.807) is 0 Å². The topological polar surface area (TPSA) is 12.0 Å². The summed E-state index contributed by atoms with van der Waals surface area (Å²) in [5.74, 6) is 0. The van der Waals surface area contributed by atoms with Crippen LogP contribution in [-0.2, 0) is 6.42 Å². The first kappa shape index (κ1) is 11.7. The third kappa shape index (κ3) is 2.65. The van der Waals surface area contributed by atoms with E-state index in [0.717, 1.165) is 0 Å². The van der Waals surface area contributed by atoms with Gasteiger partial charge in [0.05, 0.1) is 0 Å². The lowest BCUT2D eigenvalue weighted by molar-refractivity contribution is 0.342. The summed E-state index contributed by atoms with van der Waals surface area (Å²) in [6, 6.07) is 8.96. The van der Waals surface area contributed by atoms with Crippen molar-refractivity contribution in [2.24, 2.45) is 0 Å². The Kier molecular flexibility index (Phi) is 3.65. The summed E-state index contributed by atoms with van der Waals surface area (Å²) in [6.45, 7) is 5.67. The molecule has 1 heterocycles. The predicted octanol–water partition coefficient (Wildman–Crippen LogP) is 3.46. The van der Waals surface area contributed by atoms with Crippen LogP contribution >= 0.6 is 0 Å². The molecule has 1 saturated heterocycles. The third-order valence-electron chi connectivity index (χ3n) is 3.69. The van der Waals surface area contributed by atoms with E-state index in [1.165, 1.54) is 49.8 Å². The molecule has 0 spiro atoms. The molecule has 1 aliphatic heterocycles. The molecule has 0 aliphatic carbocycles. The molecule has 1 N–H and O–H groups in total. The van der Waals surface area contributed by atoms with Crippen LogP contribution in [0.5, 0.6) is 0 Å². The molecule has 0 bridgehead atoms. The van der Waals surface area contributed by atoms with Crippen LogP contribution in [0, 0.1) is 6.92 Å². The zero-order valence-electron chi connectivity index (χ0n) is 10.6. The highest BCUT2D eigenvalue weighted by Gasteiger charge is 2.32. The molecule has 1 aromatic rings. The minimum absolute atomic E-state index is 0.391. The average molecular weight is 217 g/mol. The Hall–Kier alpha value is -0.820. The van der Waals surface area contributed by atoms with Crippen LogP contribution in [0.4, 0.5) is 0 Å². The second-order valence-corrected chi connectivity index (χ2v) is 5.23. The highest BCUT2D eigenvalue weighted by Crippen LogP contribution is 2.28. The van der Waals surface area contributed by atoms with E-state index < -0.39 is 0 Å². The maximum Gasteiger partial charge on any atom is 0.0222 e. The Bertz CT molecular complexity index is 337. The Morgan fingerprint density at radius 2 is 2.25 bits per heavy atom. The third-order valence-corrected chi connectivity index (χ3v) is 3.69. The molecule has 1 fully saturated rings. The van der Waals surface area contributed by atoms with Gasteiger partial charge in [0, 0.05) is 5.54 Å². The normalized spacial score (nSPS) is 24.9. The lowest BCUT2D eigenvalue weighted by Gasteiger charge is -2.29. The van der Waals surface area contributed by atoms with Gasteiger partial charge in [-0.1, -0.05) is 43.2 Å². The first-order valence-corrected chi connectivity index (χ1v) is 6.55. The van der Waals surface area contributed by atoms with Crippen molar-refractivity contribution < 1.29 is 0 Å². The summed E-state index contributed by atoms with van der Waals surface area (Å²) in [5.41, 5.74) is 3.26. The smallest absolute Gasteiger partial charge is 0.0222 e. The monoisotopic (exact) mass is 217 g/mol. The molecule has 0 aromatic heterocycles. The quantitative estimate of drug-likeness (QED) is 0.814. The van der Waals surface area contributed by atoms with E-state index in [0.29, 0.717) is 5.54 Å². The van der Waals surface area contributed by atoms with Gasteiger partial charge in [-0.3, -0.25) is 0 Å². The minimum Gasteiger partial charge on any atom is -0.311 e. The molecule has 1 aromatic carbocycles. The molecular weight excluding hydrogens is 194 g/mol. The van der Waals surface area contributed by atoms with E-state index in [-0.39, 0.29) is 0 Å². The average Bonchev–Trinajstić information content (AvgIpc) is 2.67. The van der Waals surface area contributed by atoms with Crippen LogP contribution < -0.4 is 5.32 Å². The van der Waals surface area contributed by atoms with E-state index in [4.69, 9.17) is 0 Å². The number of benzene rings is 1. The zero-order chi connectivity index (χ0) is 11.4. The van der Waals surface area contributed by atoms with Crippen molar-refractivity contribution in [2.75, 3.05) is 6.54 Å². The van der Waals surface area contributed by atoms with Crippen molar-refractivity contribution >= 4 is 0 Å². The maximum absolute atomic E-state index is 3.74. The van der Waals surface area contributed by atoms with Gasteiger partial charge in [0.1, 0.15) is 0 Å². The van der Waals surface area contributed by atoms with Crippen molar-refractivity contribution in [1.29, 1.82) is 0 Å². The second-order valence-electron chi connectivity index (χ2n) is 5.23. The van der Waals surface area contributed by atoms with Crippen LogP contribution in [0.25, 0.3) is 0 Å². The fraction of sp³-hybridized carbons (Fsp3) is 0.600. The number of aryl methyl sites for hydroxylation is 1. The largest absolute Gasteiger partial charge is 0.311 e. The summed E-state index contributed by atoms with van der Waals surface area (Å²) < 4.78 is 0. The van der Waals surface area contributed by atoms with Gasteiger partial charge in [0.2, 0.25) is 0 Å². The summed E-state index contributed by atoms with van der Waals surface area (Å²) in [4.78, 5) is 0. The van der Waals surface area contributed by atoms with Gasteiger partial charge in [-0.25, -0.2) is 0 Å². The summed E-state index contributed by atoms with van der Waals surface area (Å²) in [6.07, 6.45) is 6.46. The molecule has 0 saturated carbocycles. The highest BCUT2D eigenvalue weighted by molar-refractivity contribution is 5.24. The molecule has 88 valence electrons. The molecule has 0 amide bonds. The number of rotatable bonds is 4. The minimum atomic E-state index is 0.391. The molecule has 1 nitrogen and oxygen atoms in total. The van der Waals surface area contributed by atoms with Gasteiger partial charge in [0.25, 0.3) is 0 Å². The predicted molar refractivity (Wildman–Crippen MR) is 69.8 cm³/mol.